The standard InChI is InChI=1S/C30H33FN6O2.C3H8.C2H6/c1-6-23(27-18-34-35(5)19-27)16-33-22(4)24-11-13-36(14-12-24)29(38)25-9-7-20(2)28(15-25)37(31)30(39)26-10-8-21(3)32-17-26;1-3-2;1-2/h6-10,15-19,24H,1,11-14H2,2-5H3;3H2,1-2H3;1-2H3/b23-16+,33-22?;;. The van der Waals surface area contributed by atoms with Crippen LogP contribution in [0.3, 0.4) is 0 Å². The molecule has 44 heavy (non-hydrogen) atoms. The Labute approximate surface area is 262 Å². The van der Waals surface area contributed by atoms with Crippen LogP contribution >= 0.6 is 0 Å². The number of aryl methyl sites for hydroxylation is 3. The lowest BCUT2D eigenvalue weighted by atomic mass is 9.92. The van der Waals surface area contributed by atoms with E-state index in [-0.39, 0.29) is 28.2 Å². The largest absolute Gasteiger partial charge is 0.339 e. The zero-order valence-electron chi connectivity index (χ0n) is 27.5. The molecule has 8 nitrogen and oxygen atoms in total. The van der Waals surface area contributed by atoms with Crippen molar-refractivity contribution in [2.24, 2.45) is 18.0 Å². The molecule has 1 aliphatic heterocycles. The summed E-state index contributed by atoms with van der Waals surface area (Å²) in [6, 6.07) is 7.95. The van der Waals surface area contributed by atoms with E-state index < -0.39 is 5.91 Å². The van der Waals surface area contributed by atoms with E-state index in [1.54, 1.807) is 60.1 Å². The molecule has 0 atom stereocenters. The van der Waals surface area contributed by atoms with E-state index in [0.29, 0.717) is 24.2 Å². The Kier molecular flexibility index (Phi) is 14.4. The Hall–Kier alpha value is -4.40. The third kappa shape index (κ3) is 9.56. The number of allylic oxidation sites excluding steroid dienone is 2. The molecule has 0 saturated carbocycles. The quantitative estimate of drug-likeness (QED) is 0.156. The number of aliphatic imine (C=N–C) groups is 1. The summed E-state index contributed by atoms with van der Waals surface area (Å²) in [6.45, 7) is 18.7. The molecule has 2 amide bonds. The lowest BCUT2D eigenvalue weighted by Gasteiger charge is -2.32. The predicted octanol–water partition coefficient (Wildman–Crippen LogP) is 7.95. The van der Waals surface area contributed by atoms with E-state index in [4.69, 9.17) is 0 Å². The molecule has 3 aromatic rings. The van der Waals surface area contributed by atoms with Gasteiger partial charge in [0.15, 0.2) is 0 Å². The van der Waals surface area contributed by atoms with Crippen molar-refractivity contribution >= 4 is 28.8 Å². The summed E-state index contributed by atoms with van der Waals surface area (Å²) < 4.78 is 16.9. The SMILES string of the molecule is C=C/C(=C\N=C(C)C1CCN(C(=O)c2ccc(C)c(N(F)C(=O)c3ccc(C)nc3)c2)CC1)c1cnn(C)c1.CC.CCC. The number of amides is 2. The molecule has 1 aliphatic rings. The molecule has 1 fully saturated rings. The number of anilines is 1. The number of carbonyl (C=O) groups excluding carboxylic acids is 2. The molecule has 1 aromatic carbocycles. The molecule has 2 aromatic heterocycles. The van der Waals surface area contributed by atoms with Gasteiger partial charge in [0.2, 0.25) is 0 Å². The molecular formula is C35H47FN6O2. The van der Waals surface area contributed by atoms with E-state index in [2.05, 4.69) is 35.5 Å². The molecule has 0 unspecified atom stereocenters. The van der Waals surface area contributed by atoms with Gasteiger partial charge in [-0.25, -0.2) is 0 Å². The number of halogens is 1. The van der Waals surface area contributed by atoms with Crippen molar-refractivity contribution in [1.82, 2.24) is 19.7 Å². The van der Waals surface area contributed by atoms with Crippen LogP contribution in [-0.2, 0) is 7.05 Å². The van der Waals surface area contributed by atoms with Crippen LogP contribution < -0.4 is 5.12 Å². The summed E-state index contributed by atoms with van der Waals surface area (Å²) in [7, 11) is 1.86. The predicted molar refractivity (Wildman–Crippen MR) is 179 cm³/mol. The van der Waals surface area contributed by atoms with Gasteiger partial charge in [-0.1, -0.05) is 57.3 Å². The fourth-order valence-corrected chi connectivity index (χ4v) is 4.55. The maximum Gasteiger partial charge on any atom is 0.287 e. The van der Waals surface area contributed by atoms with Gasteiger partial charge in [-0.05, 0) is 63.4 Å². The first kappa shape index (κ1) is 35.8. The van der Waals surface area contributed by atoms with Gasteiger partial charge in [-0.2, -0.15) is 5.10 Å². The van der Waals surface area contributed by atoms with Crippen LogP contribution in [0, 0.1) is 19.8 Å². The smallest absolute Gasteiger partial charge is 0.287 e. The van der Waals surface area contributed by atoms with Crippen molar-refractivity contribution in [2.45, 2.75) is 67.7 Å². The highest BCUT2D eigenvalue weighted by molar-refractivity contribution is 6.05. The maximum absolute atomic E-state index is 15.2. The Morgan fingerprint density at radius 2 is 1.70 bits per heavy atom. The Bertz CT molecular complexity index is 1450. The van der Waals surface area contributed by atoms with Crippen LogP contribution in [0.4, 0.5) is 10.2 Å². The lowest BCUT2D eigenvalue weighted by molar-refractivity contribution is 0.0709. The highest BCUT2D eigenvalue weighted by Crippen LogP contribution is 2.27. The summed E-state index contributed by atoms with van der Waals surface area (Å²) in [4.78, 5) is 36.5. The normalized spacial score (nSPS) is 13.7. The number of nitrogens with zero attached hydrogens (tertiary/aromatic N) is 6. The zero-order chi connectivity index (χ0) is 32.8. The van der Waals surface area contributed by atoms with Crippen molar-refractivity contribution < 1.29 is 14.1 Å². The minimum Gasteiger partial charge on any atom is -0.339 e. The minimum atomic E-state index is -0.831. The highest BCUT2D eigenvalue weighted by atomic mass is 19.2. The molecule has 0 spiro atoms. The fraction of sp³-hybridized carbons (Fsp3) is 0.400. The summed E-state index contributed by atoms with van der Waals surface area (Å²) >= 11 is 0. The average Bonchev–Trinajstić information content (AvgIpc) is 3.48. The first-order chi connectivity index (χ1) is 21.1. The molecule has 9 heteroatoms. The Morgan fingerprint density at radius 3 is 2.25 bits per heavy atom. The third-order valence-corrected chi connectivity index (χ3v) is 7.04. The minimum absolute atomic E-state index is 0.0442. The second kappa shape index (κ2) is 17.7. The first-order valence-electron chi connectivity index (χ1n) is 15.3. The van der Waals surface area contributed by atoms with Crippen molar-refractivity contribution in [2.75, 3.05) is 18.2 Å². The molecule has 3 heterocycles. The van der Waals surface area contributed by atoms with Gasteiger partial charge < -0.3 is 4.90 Å². The van der Waals surface area contributed by atoms with E-state index in [1.165, 1.54) is 24.8 Å². The van der Waals surface area contributed by atoms with Crippen LogP contribution in [0.15, 0.2) is 72.8 Å². The molecular weight excluding hydrogens is 555 g/mol. The number of rotatable bonds is 7. The molecule has 4 rings (SSSR count). The highest BCUT2D eigenvalue weighted by Gasteiger charge is 2.27. The Balaban J connectivity index is 0.00000127. The van der Waals surface area contributed by atoms with Gasteiger partial charge in [-0.3, -0.25) is 24.2 Å². The average molecular weight is 603 g/mol. The van der Waals surface area contributed by atoms with E-state index in [0.717, 1.165) is 35.4 Å². The van der Waals surface area contributed by atoms with Crippen LogP contribution in [0.2, 0.25) is 0 Å². The third-order valence-electron chi connectivity index (χ3n) is 7.04. The molecule has 236 valence electrons. The number of aromatic nitrogens is 3. The molecule has 1 saturated heterocycles. The molecule has 0 aliphatic carbocycles. The monoisotopic (exact) mass is 602 g/mol. The van der Waals surface area contributed by atoms with Crippen molar-refractivity contribution in [3.63, 3.8) is 0 Å². The molecule has 0 bridgehead atoms. The Morgan fingerprint density at radius 1 is 1.07 bits per heavy atom. The van der Waals surface area contributed by atoms with Gasteiger partial charge >= 0.3 is 0 Å². The second-order valence-electron chi connectivity index (χ2n) is 10.5. The second-order valence-corrected chi connectivity index (χ2v) is 10.5. The van der Waals surface area contributed by atoms with E-state index in [1.807, 2.05) is 34.0 Å². The van der Waals surface area contributed by atoms with Crippen molar-refractivity contribution in [1.29, 1.82) is 0 Å². The number of pyridine rings is 1. The fourth-order valence-electron chi connectivity index (χ4n) is 4.55. The van der Waals surface area contributed by atoms with Crippen molar-refractivity contribution in [3.05, 3.63) is 95.7 Å². The van der Waals surface area contributed by atoms with Gasteiger partial charge in [0.1, 0.15) is 0 Å². The summed E-state index contributed by atoms with van der Waals surface area (Å²) in [5, 5.41) is 4.28. The number of hydrogen-bond acceptors (Lipinski definition) is 5. The van der Waals surface area contributed by atoms with Crippen LogP contribution in [0.1, 0.15) is 91.4 Å². The molecule has 0 radical (unpaired) electrons. The summed E-state index contributed by atoms with van der Waals surface area (Å²) in [5.41, 5.74) is 4.64. The van der Waals surface area contributed by atoms with Crippen molar-refractivity contribution in [3.8, 4) is 0 Å². The first-order valence-corrected chi connectivity index (χ1v) is 15.3. The van der Waals surface area contributed by atoms with E-state index >= 15 is 4.48 Å². The number of likely N-dealkylation sites (tertiary alicyclic amines) is 1. The summed E-state index contributed by atoms with van der Waals surface area (Å²) in [6.07, 6.45) is 11.4. The topological polar surface area (TPSA) is 83.7 Å². The van der Waals surface area contributed by atoms with Gasteiger partial charge in [0, 0.05) is 72.8 Å². The van der Waals surface area contributed by atoms with E-state index in [9.17, 15) is 9.59 Å². The number of piperidine rings is 1. The van der Waals surface area contributed by atoms with Gasteiger partial charge in [-0.15, -0.1) is 5.12 Å². The zero-order valence-corrected chi connectivity index (χ0v) is 27.5. The van der Waals surface area contributed by atoms with Gasteiger partial charge in [0.05, 0.1) is 17.4 Å². The number of carbonyl (C=O) groups is 2. The molecule has 0 N–H and O–H groups in total. The maximum atomic E-state index is 15.2. The van der Waals surface area contributed by atoms with Gasteiger partial charge in [0.25, 0.3) is 11.8 Å². The summed E-state index contributed by atoms with van der Waals surface area (Å²) in [5.74, 6) is -0.767. The van der Waals surface area contributed by atoms with Crippen LogP contribution in [0.25, 0.3) is 5.57 Å². The number of hydrogen-bond donors (Lipinski definition) is 0. The van der Waals surface area contributed by atoms with Crippen LogP contribution in [0.5, 0.6) is 0 Å². The van der Waals surface area contributed by atoms with Crippen LogP contribution in [-0.4, -0.2) is 50.3 Å². The lowest BCUT2D eigenvalue weighted by Crippen LogP contribution is -2.40. The number of benzene rings is 1.